The fourth-order valence-corrected chi connectivity index (χ4v) is 4.98. The molecular weight excluding hydrogens is 270 g/mol. The third-order valence-electron chi connectivity index (χ3n) is 3.19. The highest BCUT2D eigenvalue weighted by Crippen LogP contribution is 2.29. The number of hydrogen-bond donors (Lipinski definition) is 1. The van der Waals surface area contributed by atoms with E-state index in [4.69, 9.17) is 5.11 Å². The van der Waals surface area contributed by atoms with Crippen molar-refractivity contribution in [3.05, 3.63) is 15.8 Å². The highest BCUT2D eigenvalue weighted by molar-refractivity contribution is 7.89. The number of hydrogen-bond acceptors (Lipinski definition) is 4. The second-order valence-electron chi connectivity index (χ2n) is 4.28. The number of thiophene rings is 1. The zero-order valence-electron chi connectivity index (χ0n) is 11.3. The Kier molecular flexibility index (Phi) is 5.33. The lowest BCUT2D eigenvalue weighted by atomic mass is 10.2. The largest absolute Gasteiger partial charge is 0.391 e. The first-order valence-electron chi connectivity index (χ1n) is 6.06. The average Bonchev–Trinajstić information content (AvgIpc) is 2.72. The SMILES string of the molecule is CCC(CC)N(C)S(=O)(=O)c1cc(CO)sc1C. The molecule has 0 spiro atoms. The predicted molar refractivity (Wildman–Crippen MR) is 74.3 cm³/mol. The zero-order valence-corrected chi connectivity index (χ0v) is 12.9. The molecule has 0 unspecified atom stereocenters. The molecule has 0 amide bonds. The zero-order chi connectivity index (χ0) is 13.9. The van der Waals surface area contributed by atoms with Gasteiger partial charge in [-0.15, -0.1) is 11.3 Å². The molecule has 1 heterocycles. The van der Waals surface area contributed by atoms with Gasteiger partial charge in [0.2, 0.25) is 10.0 Å². The minimum atomic E-state index is -3.45. The van der Waals surface area contributed by atoms with E-state index in [-0.39, 0.29) is 12.6 Å². The highest BCUT2D eigenvalue weighted by Gasteiger charge is 2.28. The van der Waals surface area contributed by atoms with Gasteiger partial charge in [-0.1, -0.05) is 13.8 Å². The highest BCUT2D eigenvalue weighted by atomic mass is 32.2. The van der Waals surface area contributed by atoms with Crippen LogP contribution in [0.5, 0.6) is 0 Å². The van der Waals surface area contributed by atoms with Crippen molar-refractivity contribution in [1.82, 2.24) is 4.31 Å². The Morgan fingerprint density at radius 2 is 1.94 bits per heavy atom. The summed E-state index contributed by atoms with van der Waals surface area (Å²) in [4.78, 5) is 1.74. The summed E-state index contributed by atoms with van der Waals surface area (Å²) < 4.78 is 26.4. The van der Waals surface area contributed by atoms with Crippen LogP contribution in [0.4, 0.5) is 0 Å². The van der Waals surface area contributed by atoms with Crippen molar-refractivity contribution in [2.24, 2.45) is 0 Å². The van der Waals surface area contributed by atoms with Crippen LogP contribution in [-0.2, 0) is 16.6 Å². The number of rotatable bonds is 6. The van der Waals surface area contributed by atoms with E-state index in [1.807, 2.05) is 13.8 Å². The average molecular weight is 291 g/mol. The van der Waals surface area contributed by atoms with E-state index in [0.29, 0.717) is 9.77 Å². The Hall–Kier alpha value is -0.430. The van der Waals surface area contributed by atoms with E-state index < -0.39 is 10.0 Å². The van der Waals surface area contributed by atoms with Crippen LogP contribution in [0, 0.1) is 6.92 Å². The van der Waals surface area contributed by atoms with Crippen LogP contribution in [0.1, 0.15) is 36.4 Å². The maximum atomic E-state index is 12.5. The van der Waals surface area contributed by atoms with Gasteiger partial charge in [0.05, 0.1) is 11.5 Å². The van der Waals surface area contributed by atoms with Gasteiger partial charge in [0, 0.05) is 22.8 Å². The van der Waals surface area contributed by atoms with Crippen LogP contribution >= 0.6 is 11.3 Å². The molecule has 0 aromatic carbocycles. The first-order chi connectivity index (χ1) is 8.38. The third kappa shape index (κ3) is 2.93. The van der Waals surface area contributed by atoms with Crippen molar-refractivity contribution in [2.75, 3.05) is 7.05 Å². The number of aliphatic hydroxyl groups excluding tert-OH is 1. The van der Waals surface area contributed by atoms with Crippen molar-refractivity contribution in [3.8, 4) is 0 Å². The van der Waals surface area contributed by atoms with Crippen LogP contribution in [0.15, 0.2) is 11.0 Å². The molecule has 4 nitrogen and oxygen atoms in total. The van der Waals surface area contributed by atoms with Crippen molar-refractivity contribution in [3.63, 3.8) is 0 Å². The smallest absolute Gasteiger partial charge is 0.244 e. The molecule has 1 rings (SSSR count). The number of nitrogens with zero attached hydrogens (tertiary/aromatic N) is 1. The van der Waals surface area contributed by atoms with Gasteiger partial charge in [-0.3, -0.25) is 0 Å². The van der Waals surface area contributed by atoms with E-state index in [2.05, 4.69) is 0 Å². The van der Waals surface area contributed by atoms with Crippen LogP contribution < -0.4 is 0 Å². The molecule has 0 aliphatic carbocycles. The normalized spacial score (nSPS) is 12.6. The second kappa shape index (κ2) is 6.14. The first-order valence-corrected chi connectivity index (χ1v) is 8.32. The monoisotopic (exact) mass is 291 g/mol. The topological polar surface area (TPSA) is 57.6 Å². The van der Waals surface area contributed by atoms with Gasteiger partial charge in [0.1, 0.15) is 0 Å². The van der Waals surface area contributed by atoms with E-state index in [9.17, 15) is 8.42 Å². The van der Waals surface area contributed by atoms with E-state index in [1.165, 1.54) is 15.6 Å². The minimum Gasteiger partial charge on any atom is -0.391 e. The van der Waals surface area contributed by atoms with Gasteiger partial charge >= 0.3 is 0 Å². The molecule has 0 aliphatic rings. The van der Waals surface area contributed by atoms with Crippen molar-refractivity contribution >= 4 is 21.4 Å². The number of sulfonamides is 1. The lowest BCUT2D eigenvalue weighted by molar-refractivity contribution is 0.285. The number of aliphatic hydroxyl groups is 1. The summed E-state index contributed by atoms with van der Waals surface area (Å²) in [6, 6.07) is 1.60. The molecular formula is C12H21NO3S2. The summed E-state index contributed by atoms with van der Waals surface area (Å²) in [5.74, 6) is 0. The molecule has 0 aliphatic heterocycles. The van der Waals surface area contributed by atoms with Crippen LogP contribution in [-0.4, -0.2) is 30.9 Å². The predicted octanol–water partition coefficient (Wildman–Crippen LogP) is 2.36. The fourth-order valence-electron chi connectivity index (χ4n) is 2.01. The molecule has 1 aromatic rings. The molecule has 1 aromatic heterocycles. The van der Waals surface area contributed by atoms with Gasteiger partial charge in [-0.25, -0.2) is 8.42 Å². The van der Waals surface area contributed by atoms with Gasteiger partial charge in [-0.05, 0) is 25.8 Å². The third-order valence-corrected chi connectivity index (χ3v) is 6.39. The lowest BCUT2D eigenvalue weighted by Crippen LogP contribution is -2.36. The van der Waals surface area contributed by atoms with Crippen molar-refractivity contribution in [1.29, 1.82) is 0 Å². The molecule has 0 radical (unpaired) electrons. The minimum absolute atomic E-state index is 0.0203. The van der Waals surface area contributed by atoms with Crippen LogP contribution in [0.25, 0.3) is 0 Å². The second-order valence-corrected chi connectivity index (χ2v) is 7.59. The van der Waals surface area contributed by atoms with E-state index >= 15 is 0 Å². The Labute approximate surface area is 113 Å². The molecule has 6 heteroatoms. The Bertz CT molecular complexity index is 489. The Balaban J connectivity index is 3.16. The molecule has 0 saturated carbocycles. The molecule has 0 atom stereocenters. The summed E-state index contributed by atoms with van der Waals surface area (Å²) in [6.07, 6.45) is 1.59. The van der Waals surface area contributed by atoms with Gasteiger partial charge in [0.15, 0.2) is 0 Å². The summed E-state index contributed by atoms with van der Waals surface area (Å²) >= 11 is 1.33. The summed E-state index contributed by atoms with van der Waals surface area (Å²) in [5.41, 5.74) is 0. The summed E-state index contributed by atoms with van der Waals surface area (Å²) in [5, 5.41) is 9.08. The molecule has 104 valence electrons. The Morgan fingerprint density at radius 3 is 2.33 bits per heavy atom. The summed E-state index contributed by atoms with van der Waals surface area (Å²) in [6.45, 7) is 5.63. The molecule has 0 saturated heterocycles. The molecule has 1 N–H and O–H groups in total. The maximum absolute atomic E-state index is 12.5. The van der Waals surface area contributed by atoms with Gasteiger partial charge < -0.3 is 5.11 Å². The maximum Gasteiger partial charge on any atom is 0.244 e. The van der Waals surface area contributed by atoms with Gasteiger partial charge in [-0.2, -0.15) is 4.31 Å². The molecule has 18 heavy (non-hydrogen) atoms. The van der Waals surface area contributed by atoms with Crippen LogP contribution in [0.2, 0.25) is 0 Å². The standard InChI is InChI=1S/C12H21NO3S2/c1-5-10(6-2)13(4)18(15,16)12-7-11(8-14)17-9(12)3/h7,10,14H,5-6,8H2,1-4H3. The number of aryl methyl sites for hydroxylation is 1. The van der Waals surface area contributed by atoms with Gasteiger partial charge in [0.25, 0.3) is 0 Å². The van der Waals surface area contributed by atoms with Crippen LogP contribution in [0.3, 0.4) is 0 Å². The summed E-state index contributed by atoms with van der Waals surface area (Å²) in [7, 11) is -1.82. The quantitative estimate of drug-likeness (QED) is 0.875. The lowest BCUT2D eigenvalue weighted by Gasteiger charge is -2.25. The van der Waals surface area contributed by atoms with Crippen molar-refractivity contribution < 1.29 is 13.5 Å². The van der Waals surface area contributed by atoms with Crippen molar-refractivity contribution in [2.45, 2.75) is 51.2 Å². The van der Waals surface area contributed by atoms with E-state index in [0.717, 1.165) is 17.7 Å². The first kappa shape index (κ1) is 15.6. The fraction of sp³-hybridized carbons (Fsp3) is 0.667. The Morgan fingerprint density at radius 1 is 1.39 bits per heavy atom. The van der Waals surface area contributed by atoms with E-state index in [1.54, 1.807) is 20.0 Å². The molecule has 0 fully saturated rings. The molecule has 0 bridgehead atoms.